The van der Waals surface area contributed by atoms with Crippen LogP contribution < -0.4 is 4.72 Å². The average molecular weight is 273 g/mol. The number of aryl methyl sites for hydroxylation is 1. The molecule has 0 aromatic carbocycles. The summed E-state index contributed by atoms with van der Waals surface area (Å²) in [7, 11) is -3.88. The molecule has 1 fully saturated rings. The fourth-order valence-corrected chi connectivity index (χ4v) is 3.57. The van der Waals surface area contributed by atoms with Gasteiger partial charge in [0.15, 0.2) is 5.03 Å². The zero-order valence-electron chi connectivity index (χ0n) is 9.93. The first-order valence-corrected chi connectivity index (χ1v) is 7.13. The molecular weight excluding hydrogens is 258 g/mol. The second-order valence-corrected chi connectivity index (χ2v) is 6.18. The number of aromatic amines is 1. The first-order chi connectivity index (χ1) is 8.36. The van der Waals surface area contributed by atoms with Crippen molar-refractivity contribution in [2.45, 2.75) is 43.2 Å². The van der Waals surface area contributed by atoms with Gasteiger partial charge in [-0.25, -0.2) is 13.4 Å². The zero-order valence-corrected chi connectivity index (χ0v) is 10.7. The number of rotatable bonds is 4. The van der Waals surface area contributed by atoms with Gasteiger partial charge in [0.25, 0.3) is 10.0 Å². The maximum atomic E-state index is 12.1. The highest BCUT2D eigenvalue weighted by molar-refractivity contribution is 7.89. The molecule has 0 amide bonds. The number of aliphatic carboxylic acids is 1. The smallest absolute Gasteiger partial charge is 0.324 e. The van der Waals surface area contributed by atoms with E-state index in [2.05, 4.69) is 14.7 Å². The Morgan fingerprint density at radius 3 is 2.56 bits per heavy atom. The topological polar surface area (TPSA) is 112 Å². The Balaban J connectivity index is 2.29. The Kier molecular flexibility index (Phi) is 3.16. The second-order valence-electron chi connectivity index (χ2n) is 4.53. The lowest BCUT2D eigenvalue weighted by atomic mass is 10.0. The molecule has 0 bridgehead atoms. The summed E-state index contributed by atoms with van der Waals surface area (Å²) in [5.41, 5.74) is -1.38. The summed E-state index contributed by atoms with van der Waals surface area (Å²) >= 11 is 0. The number of nitrogens with zero attached hydrogens (tertiary/aromatic N) is 1. The number of nitrogens with one attached hydrogen (secondary N) is 2. The highest BCUT2D eigenvalue weighted by Crippen LogP contribution is 2.31. The van der Waals surface area contributed by atoms with Gasteiger partial charge in [0.05, 0.1) is 6.20 Å². The third kappa shape index (κ3) is 2.25. The summed E-state index contributed by atoms with van der Waals surface area (Å²) in [5, 5.41) is 9.12. The highest BCUT2D eigenvalue weighted by Gasteiger charge is 2.45. The predicted octanol–water partition coefficient (Wildman–Crippen LogP) is 0.394. The Hall–Kier alpha value is -1.41. The molecule has 8 heteroatoms. The van der Waals surface area contributed by atoms with E-state index in [-0.39, 0.29) is 5.03 Å². The van der Waals surface area contributed by atoms with E-state index in [0.29, 0.717) is 31.5 Å². The number of carboxylic acids is 1. The maximum Gasteiger partial charge on any atom is 0.324 e. The molecule has 0 aliphatic heterocycles. The van der Waals surface area contributed by atoms with Crippen molar-refractivity contribution in [3.05, 3.63) is 12.0 Å². The molecule has 1 aromatic rings. The lowest BCUT2D eigenvalue weighted by Crippen LogP contribution is -2.52. The van der Waals surface area contributed by atoms with Crippen LogP contribution in [0.2, 0.25) is 0 Å². The van der Waals surface area contributed by atoms with Crippen molar-refractivity contribution in [2.75, 3.05) is 0 Å². The number of aromatic nitrogens is 2. The molecule has 1 aromatic heterocycles. The van der Waals surface area contributed by atoms with E-state index < -0.39 is 21.5 Å². The Bertz CT molecular complexity index is 557. The number of carbonyl (C=O) groups is 1. The van der Waals surface area contributed by atoms with Crippen molar-refractivity contribution in [3.8, 4) is 0 Å². The molecule has 0 atom stereocenters. The number of imidazole rings is 1. The Morgan fingerprint density at radius 1 is 1.50 bits per heavy atom. The summed E-state index contributed by atoms with van der Waals surface area (Å²) < 4.78 is 26.4. The van der Waals surface area contributed by atoms with Crippen LogP contribution in [-0.2, 0) is 14.8 Å². The standard InChI is InChI=1S/C10H15N3O4S/c1-7-11-6-8(12-7)18(16,17)13-10(9(14)15)4-2-3-5-10/h6,13H,2-5H2,1H3,(H,11,12)(H,14,15). The molecule has 1 saturated carbocycles. The third-order valence-corrected chi connectivity index (χ3v) is 4.61. The van der Waals surface area contributed by atoms with Gasteiger partial charge >= 0.3 is 5.97 Å². The second kappa shape index (κ2) is 4.36. The van der Waals surface area contributed by atoms with Crippen LogP contribution in [0.3, 0.4) is 0 Å². The van der Waals surface area contributed by atoms with Gasteiger partial charge in [-0.15, -0.1) is 0 Å². The van der Waals surface area contributed by atoms with Crippen molar-refractivity contribution < 1.29 is 18.3 Å². The maximum absolute atomic E-state index is 12.1. The van der Waals surface area contributed by atoms with Gasteiger partial charge in [0.2, 0.25) is 0 Å². The lowest BCUT2D eigenvalue weighted by Gasteiger charge is -2.24. The van der Waals surface area contributed by atoms with E-state index in [4.69, 9.17) is 0 Å². The quantitative estimate of drug-likeness (QED) is 0.734. The highest BCUT2D eigenvalue weighted by atomic mass is 32.2. The van der Waals surface area contributed by atoms with Crippen LogP contribution in [0.15, 0.2) is 11.2 Å². The van der Waals surface area contributed by atoms with E-state index in [1.807, 2.05) is 0 Å². The minimum absolute atomic E-state index is 0.104. The van der Waals surface area contributed by atoms with Crippen molar-refractivity contribution in [3.63, 3.8) is 0 Å². The van der Waals surface area contributed by atoms with Crippen LogP contribution in [0, 0.1) is 6.92 Å². The SMILES string of the molecule is Cc1ncc(S(=O)(=O)NC2(C(=O)O)CCCC2)[nH]1. The van der Waals surface area contributed by atoms with Crippen LogP contribution in [0.1, 0.15) is 31.5 Å². The Labute approximate surface area is 105 Å². The number of hydrogen-bond acceptors (Lipinski definition) is 4. The van der Waals surface area contributed by atoms with Crippen LogP contribution in [0.4, 0.5) is 0 Å². The minimum atomic E-state index is -3.88. The molecule has 1 heterocycles. The minimum Gasteiger partial charge on any atom is -0.480 e. The van der Waals surface area contributed by atoms with E-state index in [9.17, 15) is 18.3 Å². The molecule has 1 aliphatic rings. The van der Waals surface area contributed by atoms with Gasteiger partial charge in [-0.3, -0.25) is 4.79 Å². The van der Waals surface area contributed by atoms with Crippen LogP contribution in [0.5, 0.6) is 0 Å². The first-order valence-electron chi connectivity index (χ1n) is 5.65. The summed E-state index contributed by atoms with van der Waals surface area (Å²) in [5.74, 6) is -0.661. The van der Waals surface area contributed by atoms with Crippen molar-refractivity contribution in [2.24, 2.45) is 0 Å². The fraction of sp³-hybridized carbons (Fsp3) is 0.600. The van der Waals surface area contributed by atoms with Gasteiger partial charge in [0, 0.05) is 0 Å². The van der Waals surface area contributed by atoms with Crippen molar-refractivity contribution in [1.82, 2.24) is 14.7 Å². The number of carboxylic acid groups (broad SMARTS) is 1. The third-order valence-electron chi connectivity index (χ3n) is 3.17. The van der Waals surface area contributed by atoms with Gasteiger partial charge in [-0.1, -0.05) is 12.8 Å². The van der Waals surface area contributed by atoms with Crippen LogP contribution in [0.25, 0.3) is 0 Å². The van der Waals surface area contributed by atoms with Gasteiger partial charge < -0.3 is 10.1 Å². The first kappa shape index (κ1) is 13.0. The van der Waals surface area contributed by atoms with Gasteiger partial charge in [-0.2, -0.15) is 4.72 Å². The van der Waals surface area contributed by atoms with Crippen LogP contribution >= 0.6 is 0 Å². The number of hydrogen-bond donors (Lipinski definition) is 3. The van der Waals surface area contributed by atoms with Crippen molar-refractivity contribution in [1.29, 1.82) is 0 Å². The predicted molar refractivity (Wildman–Crippen MR) is 62.5 cm³/mol. The largest absolute Gasteiger partial charge is 0.480 e. The number of H-pyrrole nitrogens is 1. The fourth-order valence-electron chi connectivity index (χ4n) is 2.19. The van der Waals surface area contributed by atoms with Gasteiger partial charge in [-0.05, 0) is 19.8 Å². The van der Waals surface area contributed by atoms with E-state index >= 15 is 0 Å². The number of sulfonamides is 1. The molecule has 0 radical (unpaired) electrons. The molecule has 0 unspecified atom stereocenters. The lowest BCUT2D eigenvalue weighted by molar-refractivity contribution is -0.143. The molecular formula is C10H15N3O4S. The average Bonchev–Trinajstić information content (AvgIpc) is 2.87. The summed E-state index contributed by atoms with van der Waals surface area (Å²) in [6, 6.07) is 0. The molecule has 3 N–H and O–H groups in total. The van der Waals surface area contributed by atoms with E-state index in [1.165, 1.54) is 6.20 Å². The van der Waals surface area contributed by atoms with E-state index in [1.54, 1.807) is 6.92 Å². The van der Waals surface area contributed by atoms with Crippen molar-refractivity contribution >= 4 is 16.0 Å². The molecule has 18 heavy (non-hydrogen) atoms. The molecule has 100 valence electrons. The monoisotopic (exact) mass is 273 g/mol. The summed E-state index contributed by atoms with van der Waals surface area (Å²) in [6.45, 7) is 1.63. The summed E-state index contributed by atoms with van der Waals surface area (Å²) in [4.78, 5) is 17.7. The molecule has 7 nitrogen and oxygen atoms in total. The van der Waals surface area contributed by atoms with Crippen LogP contribution in [-0.4, -0.2) is 35.0 Å². The zero-order chi connectivity index (χ0) is 13.4. The molecule has 0 saturated heterocycles. The Morgan fingerprint density at radius 2 is 2.11 bits per heavy atom. The van der Waals surface area contributed by atoms with Gasteiger partial charge in [0.1, 0.15) is 11.4 Å². The molecule has 0 spiro atoms. The molecule has 1 aliphatic carbocycles. The normalized spacial score (nSPS) is 18.9. The summed E-state index contributed by atoms with van der Waals surface area (Å²) in [6.07, 6.45) is 3.22. The van der Waals surface area contributed by atoms with E-state index in [0.717, 1.165) is 0 Å². The molecule has 2 rings (SSSR count).